The number of nitrogens with one attached hydrogen (secondary N) is 1. The van der Waals surface area contributed by atoms with E-state index in [-0.39, 0.29) is 11.3 Å². The summed E-state index contributed by atoms with van der Waals surface area (Å²) in [6.45, 7) is 4.90. The largest absolute Gasteiger partial charge is 0.497 e. The molecular formula is C18H21NO2S. The average Bonchev–Trinajstić information content (AvgIpc) is 2.90. The van der Waals surface area contributed by atoms with Crippen molar-refractivity contribution in [2.24, 2.45) is 5.41 Å². The van der Waals surface area contributed by atoms with Gasteiger partial charge in [-0.15, -0.1) is 0 Å². The third kappa shape index (κ3) is 2.41. The second-order valence-electron chi connectivity index (χ2n) is 6.51. The van der Waals surface area contributed by atoms with Crippen molar-refractivity contribution < 1.29 is 9.53 Å². The molecule has 0 bridgehead atoms. The van der Waals surface area contributed by atoms with Gasteiger partial charge < -0.3 is 10.1 Å². The van der Waals surface area contributed by atoms with E-state index in [1.54, 1.807) is 18.4 Å². The van der Waals surface area contributed by atoms with Crippen LogP contribution in [0.15, 0.2) is 41.1 Å². The number of thiophene rings is 1. The fraction of sp³-hybridized carbons (Fsp3) is 0.389. The summed E-state index contributed by atoms with van der Waals surface area (Å²) in [5.74, 6) is 0.935. The lowest BCUT2D eigenvalue weighted by atomic mass is 9.87. The number of carbonyl (C=O) groups excluding carboxylic acids is 1. The maximum atomic E-state index is 12.9. The normalized spacial score (nSPS) is 22.1. The monoisotopic (exact) mass is 315 g/mol. The van der Waals surface area contributed by atoms with Crippen LogP contribution in [0.1, 0.15) is 31.4 Å². The van der Waals surface area contributed by atoms with Crippen molar-refractivity contribution in [2.75, 3.05) is 7.11 Å². The van der Waals surface area contributed by atoms with E-state index in [2.05, 4.69) is 24.5 Å². The van der Waals surface area contributed by atoms with Crippen LogP contribution < -0.4 is 10.1 Å². The summed E-state index contributed by atoms with van der Waals surface area (Å²) in [5, 5.41) is 7.20. The molecule has 22 heavy (non-hydrogen) atoms. The van der Waals surface area contributed by atoms with Crippen molar-refractivity contribution in [3.05, 3.63) is 52.2 Å². The van der Waals surface area contributed by atoms with Crippen molar-refractivity contribution in [3.63, 3.8) is 0 Å². The Hall–Kier alpha value is -1.81. The predicted molar refractivity (Wildman–Crippen MR) is 89.2 cm³/mol. The predicted octanol–water partition coefficient (Wildman–Crippen LogP) is 3.74. The Morgan fingerprint density at radius 2 is 1.95 bits per heavy atom. The summed E-state index contributed by atoms with van der Waals surface area (Å²) in [7, 11) is 1.65. The van der Waals surface area contributed by atoms with Gasteiger partial charge in [0.1, 0.15) is 5.75 Å². The van der Waals surface area contributed by atoms with Crippen LogP contribution in [0.5, 0.6) is 5.75 Å². The summed E-state index contributed by atoms with van der Waals surface area (Å²) < 4.78 is 5.21. The van der Waals surface area contributed by atoms with Crippen LogP contribution in [0.3, 0.4) is 0 Å². The summed E-state index contributed by atoms with van der Waals surface area (Å²) >= 11 is 1.65. The first-order valence-electron chi connectivity index (χ1n) is 7.43. The number of methoxy groups -OCH3 is 1. The number of benzene rings is 1. The molecule has 0 radical (unpaired) electrons. The maximum Gasteiger partial charge on any atom is 0.231 e. The van der Waals surface area contributed by atoms with Gasteiger partial charge in [0.25, 0.3) is 0 Å². The van der Waals surface area contributed by atoms with E-state index >= 15 is 0 Å². The van der Waals surface area contributed by atoms with Gasteiger partial charge in [-0.2, -0.15) is 11.3 Å². The van der Waals surface area contributed by atoms with Crippen LogP contribution in [-0.2, 0) is 16.8 Å². The van der Waals surface area contributed by atoms with Crippen LogP contribution in [0, 0.1) is 5.41 Å². The van der Waals surface area contributed by atoms with Gasteiger partial charge >= 0.3 is 0 Å². The molecule has 1 saturated carbocycles. The van der Waals surface area contributed by atoms with Crippen molar-refractivity contribution in [2.45, 2.75) is 32.2 Å². The zero-order chi connectivity index (χ0) is 15.8. The highest BCUT2D eigenvalue weighted by Crippen LogP contribution is 2.64. The van der Waals surface area contributed by atoms with Crippen LogP contribution in [0.2, 0.25) is 0 Å². The van der Waals surface area contributed by atoms with Crippen LogP contribution in [0.4, 0.5) is 0 Å². The molecule has 0 spiro atoms. The molecule has 1 aromatic carbocycles. The van der Waals surface area contributed by atoms with Crippen molar-refractivity contribution in [1.29, 1.82) is 0 Å². The Morgan fingerprint density at radius 3 is 2.45 bits per heavy atom. The minimum atomic E-state index is -0.421. The summed E-state index contributed by atoms with van der Waals surface area (Å²) in [5.41, 5.74) is 1.79. The second-order valence-corrected chi connectivity index (χ2v) is 7.29. The molecule has 1 amide bonds. The molecule has 1 N–H and O–H groups in total. The maximum absolute atomic E-state index is 12.9. The minimum Gasteiger partial charge on any atom is -0.497 e. The molecule has 3 rings (SSSR count). The molecule has 4 heteroatoms. The van der Waals surface area contributed by atoms with Crippen molar-refractivity contribution in [1.82, 2.24) is 5.32 Å². The van der Waals surface area contributed by atoms with Crippen molar-refractivity contribution >= 4 is 17.2 Å². The smallest absolute Gasteiger partial charge is 0.231 e. The Labute approximate surface area is 135 Å². The zero-order valence-corrected chi connectivity index (χ0v) is 14.0. The molecule has 1 aromatic heterocycles. The van der Waals surface area contributed by atoms with E-state index in [1.807, 2.05) is 35.7 Å². The first kappa shape index (κ1) is 15.1. The van der Waals surface area contributed by atoms with Crippen LogP contribution >= 0.6 is 11.3 Å². The standard InChI is InChI=1S/C18H21NO2S/c1-17(2)12-18(17,14-4-6-15(21-3)7-5-14)16(20)19-10-13-8-9-22-11-13/h4-9,11H,10,12H2,1-3H3,(H,19,20). The van der Waals surface area contributed by atoms with E-state index in [9.17, 15) is 4.79 Å². The lowest BCUT2D eigenvalue weighted by Crippen LogP contribution is -2.37. The summed E-state index contributed by atoms with van der Waals surface area (Å²) in [6, 6.07) is 9.92. The average molecular weight is 315 g/mol. The molecule has 1 unspecified atom stereocenters. The van der Waals surface area contributed by atoms with Gasteiger partial charge in [-0.05, 0) is 51.9 Å². The van der Waals surface area contributed by atoms with Gasteiger partial charge in [-0.3, -0.25) is 4.79 Å². The Balaban J connectivity index is 1.81. The van der Waals surface area contributed by atoms with Gasteiger partial charge in [-0.25, -0.2) is 0 Å². The SMILES string of the molecule is COc1ccc(C2(C(=O)NCc3ccsc3)CC2(C)C)cc1. The molecule has 3 nitrogen and oxygen atoms in total. The van der Waals surface area contributed by atoms with Gasteiger partial charge in [-0.1, -0.05) is 26.0 Å². The molecule has 116 valence electrons. The highest BCUT2D eigenvalue weighted by molar-refractivity contribution is 7.07. The van der Waals surface area contributed by atoms with Crippen LogP contribution in [0.25, 0.3) is 0 Å². The molecule has 0 aliphatic heterocycles. The fourth-order valence-electron chi connectivity index (χ4n) is 3.23. The van der Waals surface area contributed by atoms with Gasteiger partial charge in [0.15, 0.2) is 0 Å². The first-order valence-corrected chi connectivity index (χ1v) is 8.38. The number of amides is 1. The molecule has 1 atom stereocenters. The number of hydrogen-bond acceptors (Lipinski definition) is 3. The van der Waals surface area contributed by atoms with Gasteiger partial charge in [0.05, 0.1) is 12.5 Å². The van der Waals surface area contributed by atoms with Crippen molar-refractivity contribution in [3.8, 4) is 5.75 Å². The highest BCUT2D eigenvalue weighted by atomic mass is 32.1. The Bertz CT molecular complexity index is 661. The number of rotatable bonds is 5. The zero-order valence-electron chi connectivity index (χ0n) is 13.2. The molecule has 0 saturated heterocycles. The topological polar surface area (TPSA) is 38.3 Å². The molecule has 2 aromatic rings. The van der Waals surface area contributed by atoms with Gasteiger partial charge in [0, 0.05) is 6.54 Å². The Kier molecular flexibility index (Phi) is 3.73. The summed E-state index contributed by atoms with van der Waals surface area (Å²) in [6.07, 6.45) is 0.877. The third-order valence-electron chi connectivity index (χ3n) is 4.74. The summed E-state index contributed by atoms with van der Waals surface area (Å²) in [4.78, 5) is 12.9. The number of carbonyl (C=O) groups is 1. The quantitative estimate of drug-likeness (QED) is 0.913. The lowest BCUT2D eigenvalue weighted by molar-refractivity contribution is -0.124. The minimum absolute atomic E-state index is 0.0136. The Morgan fingerprint density at radius 1 is 1.27 bits per heavy atom. The molecule has 1 aliphatic carbocycles. The van der Waals surface area contributed by atoms with E-state index in [1.165, 1.54) is 0 Å². The lowest BCUT2D eigenvalue weighted by Gasteiger charge is -2.21. The van der Waals surface area contributed by atoms with E-state index in [4.69, 9.17) is 4.74 Å². The van der Waals surface area contributed by atoms with Gasteiger partial charge in [0.2, 0.25) is 5.91 Å². The molecule has 1 heterocycles. The third-order valence-corrected chi connectivity index (χ3v) is 5.47. The molecule has 1 fully saturated rings. The number of hydrogen-bond donors (Lipinski definition) is 1. The van der Waals surface area contributed by atoms with Crippen LogP contribution in [-0.4, -0.2) is 13.0 Å². The van der Waals surface area contributed by atoms with E-state index in [0.29, 0.717) is 6.54 Å². The highest BCUT2D eigenvalue weighted by Gasteiger charge is 2.66. The van der Waals surface area contributed by atoms with E-state index in [0.717, 1.165) is 23.3 Å². The number of ether oxygens (including phenoxy) is 1. The molecule has 1 aliphatic rings. The second kappa shape index (κ2) is 5.43. The first-order chi connectivity index (χ1) is 10.5. The van der Waals surface area contributed by atoms with E-state index < -0.39 is 5.41 Å². The fourth-order valence-corrected chi connectivity index (χ4v) is 3.90. The molecular weight excluding hydrogens is 294 g/mol.